The van der Waals surface area contributed by atoms with Crippen molar-refractivity contribution in [2.45, 2.75) is 64.2 Å². The molecule has 190 valence electrons. The maximum Gasteiger partial charge on any atom is 0.269 e. The molecule has 0 spiro atoms. The number of para-hydroxylation sites is 1. The summed E-state index contributed by atoms with van der Waals surface area (Å²) in [5.41, 5.74) is 3.12. The molecule has 36 heavy (non-hydrogen) atoms. The Labute approximate surface area is 217 Å². The third-order valence-electron chi connectivity index (χ3n) is 6.36. The number of hydrogen-bond acceptors (Lipinski definition) is 7. The second kappa shape index (κ2) is 13.7. The van der Waals surface area contributed by atoms with Gasteiger partial charge in [-0.3, -0.25) is 15.1 Å². The van der Waals surface area contributed by atoms with Crippen LogP contribution in [-0.2, 0) is 6.42 Å². The molecule has 1 aliphatic rings. The van der Waals surface area contributed by atoms with Crippen LogP contribution < -0.4 is 10.6 Å². The van der Waals surface area contributed by atoms with E-state index in [4.69, 9.17) is 9.98 Å². The van der Waals surface area contributed by atoms with E-state index in [1.165, 1.54) is 37.9 Å². The number of aryl methyl sites for hydroxylation is 1. The summed E-state index contributed by atoms with van der Waals surface area (Å²) in [6.07, 6.45) is 11.6. The standard InChI is InChI=1S/C28H35N5O2S/c34-33(35)24-18-16-22(17-19-24)27-25(32-28(36-27)31-23-12-6-5-7-13-23)14-8-1-3-10-20-29-26-15-9-2-4-11-21-30-26/h5-7,12-13,16-19H,1-4,8-11,14-15,20-21H2,(H,29,30)(H,31,32). The highest BCUT2D eigenvalue weighted by molar-refractivity contribution is 7.19. The van der Waals surface area contributed by atoms with E-state index in [0.29, 0.717) is 0 Å². The molecule has 1 aromatic heterocycles. The average Bonchev–Trinajstić information content (AvgIpc) is 3.27. The number of hydrogen-bond donors (Lipinski definition) is 2. The first-order valence-electron chi connectivity index (χ1n) is 13.0. The average molecular weight is 506 g/mol. The van der Waals surface area contributed by atoms with Crippen LogP contribution in [0.3, 0.4) is 0 Å². The quantitative estimate of drug-likeness (QED) is 0.160. The minimum Gasteiger partial charge on any atom is -0.374 e. The van der Waals surface area contributed by atoms with E-state index in [0.717, 1.165) is 72.1 Å². The number of benzene rings is 2. The van der Waals surface area contributed by atoms with Gasteiger partial charge in [-0.1, -0.05) is 55.2 Å². The summed E-state index contributed by atoms with van der Waals surface area (Å²) in [5, 5.41) is 18.9. The molecule has 0 saturated carbocycles. The number of thiazole rings is 1. The van der Waals surface area contributed by atoms with Crippen molar-refractivity contribution in [3.63, 3.8) is 0 Å². The van der Waals surface area contributed by atoms with Crippen molar-refractivity contribution in [1.29, 1.82) is 0 Å². The molecule has 8 heteroatoms. The zero-order chi connectivity index (χ0) is 25.0. The highest BCUT2D eigenvalue weighted by atomic mass is 32.1. The first-order valence-corrected chi connectivity index (χ1v) is 13.8. The van der Waals surface area contributed by atoms with Crippen LogP contribution in [0.4, 0.5) is 16.5 Å². The predicted molar refractivity (Wildman–Crippen MR) is 149 cm³/mol. The van der Waals surface area contributed by atoms with Crippen LogP contribution in [0.1, 0.15) is 63.5 Å². The lowest BCUT2D eigenvalue weighted by atomic mass is 10.1. The molecule has 4 rings (SSSR count). The van der Waals surface area contributed by atoms with Crippen molar-refractivity contribution in [2.75, 3.05) is 18.4 Å². The molecule has 2 heterocycles. The summed E-state index contributed by atoms with van der Waals surface area (Å²) in [7, 11) is 0. The highest BCUT2D eigenvalue weighted by Gasteiger charge is 2.15. The molecule has 0 bridgehead atoms. The number of nitro benzene ring substituents is 1. The van der Waals surface area contributed by atoms with Gasteiger partial charge in [-0.15, -0.1) is 0 Å². The van der Waals surface area contributed by atoms with Crippen molar-refractivity contribution < 1.29 is 4.92 Å². The summed E-state index contributed by atoms with van der Waals surface area (Å²) in [4.78, 5) is 21.4. The second-order valence-corrected chi connectivity index (χ2v) is 10.2. The molecular formula is C28H35N5O2S. The molecule has 0 fully saturated rings. The Morgan fingerprint density at radius 2 is 1.69 bits per heavy atom. The number of amidine groups is 1. The van der Waals surface area contributed by atoms with Gasteiger partial charge in [0, 0.05) is 37.3 Å². The minimum absolute atomic E-state index is 0.103. The second-order valence-electron chi connectivity index (χ2n) is 9.17. The fraction of sp³-hybridized carbons (Fsp3) is 0.429. The van der Waals surface area contributed by atoms with Crippen molar-refractivity contribution in [3.05, 3.63) is 70.4 Å². The Bertz CT molecular complexity index is 1130. The number of unbranched alkanes of at least 4 members (excludes halogenated alkanes) is 3. The van der Waals surface area contributed by atoms with E-state index < -0.39 is 0 Å². The molecule has 3 aromatic rings. The summed E-state index contributed by atoms with van der Waals surface area (Å²) in [6.45, 7) is 1.96. The van der Waals surface area contributed by atoms with E-state index in [-0.39, 0.29) is 10.6 Å². The Hall–Kier alpha value is -3.26. The van der Waals surface area contributed by atoms with Gasteiger partial charge in [0.1, 0.15) is 0 Å². The number of non-ortho nitro benzene ring substituents is 1. The van der Waals surface area contributed by atoms with Crippen molar-refractivity contribution in [3.8, 4) is 10.4 Å². The lowest BCUT2D eigenvalue weighted by Crippen LogP contribution is -2.25. The smallest absolute Gasteiger partial charge is 0.269 e. The van der Waals surface area contributed by atoms with Crippen LogP contribution in [0, 0.1) is 10.1 Å². The molecular weight excluding hydrogens is 470 g/mol. The van der Waals surface area contributed by atoms with Crippen LogP contribution in [-0.4, -0.2) is 28.8 Å². The summed E-state index contributed by atoms with van der Waals surface area (Å²) >= 11 is 1.60. The maximum absolute atomic E-state index is 11.1. The van der Waals surface area contributed by atoms with Crippen LogP contribution in [0.25, 0.3) is 10.4 Å². The molecule has 2 N–H and O–H groups in total. The zero-order valence-electron chi connectivity index (χ0n) is 20.7. The third-order valence-corrected chi connectivity index (χ3v) is 7.42. The predicted octanol–water partition coefficient (Wildman–Crippen LogP) is 7.52. The van der Waals surface area contributed by atoms with Gasteiger partial charge in [-0.2, -0.15) is 0 Å². The SMILES string of the molecule is O=[N+]([O-])c1ccc(-c2sc(Nc3ccccc3)nc2CCCCCCNC2=NCCCCCC2)cc1. The van der Waals surface area contributed by atoms with Gasteiger partial charge in [-0.05, 0) is 61.9 Å². The minimum atomic E-state index is -0.363. The molecule has 0 unspecified atom stereocenters. The maximum atomic E-state index is 11.1. The number of rotatable bonds is 11. The first-order chi connectivity index (χ1) is 17.7. The van der Waals surface area contributed by atoms with Crippen LogP contribution in [0.2, 0.25) is 0 Å². The summed E-state index contributed by atoms with van der Waals surface area (Å²) < 4.78 is 0. The number of aromatic nitrogens is 1. The van der Waals surface area contributed by atoms with E-state index in [1.54, 1.807) is 23.5 Å². The fourth-order valence-corrected chi connectivity index (χ4v) is 5.42. The Morgan fingerprint density at radius 1 is 0.917 bits per heavy atom. The van der Waals surface area contributed by atoms with Crippen molar-refractivity contribution in [1.82, 2.24) is 10.3 Å². The van der Waals surface area contributed by atoms with Gasteiger partial charge in [0.25, 0.3) is 5.69 Å². The zero-order valence-corrected chi connectivity index (χ0v) is 21.6. The van der Waals surface area contributed by atoms with E-state index in [1.807, 2.05) is 42.5 Å². The monoisotopic (exact) mass is 505 g/mol. The molecule has 7 nitrogen and oxygen atoms in total. The van der Waals surface area contributed by atoms with Gasteiger partial charge >= 0.3 is 0 Å². The molecule has 2 aromatic carbocycles. The Morgan fingerprint density at radius 3 is 2.50 bits per heavy atom. The fourth-order valence-electron chi connectivity index (χ4n) is 4.38. The van der Waals surface area contributed by atoms with E-state index >= 15 is 0 Å². The van der Waals surface area contributed by atoms with E-state index in [2.05, 4.69) is 10.6 Å². The topological polar surface area (TPSA) is 92.5 Å². The number of nitro groups is 1. The van der Waals surface area contributed by atoms with Gasteiger partial charge in [0.15, 0.2) is 5.13 Å². The number of anilines is 2. The number of nitrogens with zero attached hydrogens (tertiary/aromatic N) is 3. The lowest BCUT2D eigenvalue weighted by Gasteiger charge is -2.12. The number of nitrogens with one attached hydrogen (secondary N) is 2. The van der Waals surface area contributed by atoms with Crippen LogP contribution in [0.15, 0.2) is 59.6 Å². The summed E-state index contributed by atoms with van der Waals surface area (Å²) in [6, 6.07) is 16.8. The first kappa shape index (κ1) is 25.8. The van der Waals surface area contributed by atoms with Crippen molar-refractivity contribution in [2.24, 2.45) is 4.99 Å². The van der Waals surface area contributed by atoms with Gasteiger partial charge in [0.2, 0.25) is 0 Å². The largest absolute Gasteiger partial charge is 0.374 e. The number of aliphatic imine (C=N–C) groups is 1. The van der Waals surface area contributed by atoms with Gasteiger partial charge < -0.3 is 10.6 Å². The van der Waals surface area contributed by atoms with Crippen LogP contribution >= 0.6 is 11.3 Å². The lowest BCUT2D eigenvalue weighted by molar-refractivity contribution is -0.384. The molecule has 0 radical (unpaired) electrons. The Kier molecular flexibility index (Phi) is 9.85. The van der Waals surface area contributed by atoms with Crippen molar-refractivity contribution >= 4 is 33.7 Å². The molecule has 1 aliphatic heterocycles. The molecule has 0 amide bonds. The summed E-state index contributed by atoms with van der Waals surface area (Å²) in [5.74, 6) is 1.20. The van der Waals surface area contributed by atoms with Crippen LogP contribution in [0.5, 0.6) is 0 Å². The highest BCUT2D eigenvalue weighted by Crippen LogP contribution is 2.36. The molecule has 0 saturated heterocycles. The third kappa shape index (κ3) is 7.88. The van der Waals surface area contributed by atoms with Gasteiger partial charge in [-0.25, -0.2) is 4.98 Å². The normalized spacial score (nSPS) is 13.9. The van der Waals surface area contributed by atoms with Gasteiger partial charge in [0.05, 0.1) is 21.3 Å². The molecule has 0 atom stereocenters. The van der Waals surface area contributed by atoms with E-state index in [9.17, 15) is 10.1 Å². The molecule has 0 aliphatic carbocycles. The Balaban J connectivity index is 1.31.